The molecule has 2 aliphatic carbocycles. The van der Waals surface area contributed by atoms with Crippen LogP contribution < -0.4 is 0 Å². The topological polar surface area (TPSA) is 52.6 Å². The molecule has 220 valence electrons. The maximum absolute atomic E-state index is 14.1. The number of benzene rings is 1. The van der Waals surface area contributed by atoms with E-state index in [1.165, 1.54) is 5.56 Å². The number of esters is 2. The number of halogens is 3. The van der Waals surface area contributed by atoms with Crippen molar-refractivity contribution in [3.05, 3.63) is 34.3 Å². The van der Waals surface area contributed by atoms with Gasteiger partial charge < -0.3 is 9.47 Å². The van der Waals surface area contributed by atoms with Crippen molar-refractivity contribution in [3.63, 3.8) is 0 Å². The molecule has 0 unspecified atom stereocenters. The van der Waals surface area contributed by atoms with E-state index in [9.17, 15) is 18.4 Å². The van der Waals surface area contributed by atoms with Crippen molar-refractivity contribution in [2.45, 2.75) is 153 Å². The predicted octanol–water partition coefficient (Wildman–Crippen LogP) is 9.32. The monoisotopic (exact) mass is 568 g/mol. The van der Waals surface area contributed by atoms with Gasteiger partial charge in [0.05, 0.1) is 0 Å². The van der Waals surface area contributed by atoms with E-state index in [-0.39, 0.29) is 25.0 Å². The van der Waals surface area contributed by atoms with Crippen LogP contribution in [0, 0.1) is 0 Å². The SMILES string of the molecule is CCCCC[C@H](F)C(=O)O[C@H]1CC[C@H](c2ccc([C@H]3CC[C@H](OC(=O)[C@@H](F)CCCCC)CC3)c(Cl)c2)CC1. The second-order valence-electron chi connectivity index (χ2n) is 11.5. The first-order valence-electron chi connectivity index (χ1n) is 15.3. The molecule has 0 spiro atoms. The van der Waals surface area contributed by atoms with Crippen molar-refractivity contribution in [2.24, 2.45) is 0 Å². The molecule has 4 nitrogen and oxygen atoms in total. The zero-order valence-corrected chi connectivity index (χ0v) is 24.5. The summed E-state index contributed by atoms with van der Waals surface area (Å²) in [6, 6.07) is 6.34. The molecule has 2 fully saturated rings. The lowest BCUT2D eigenvalue weighted by Gasteiger charge is -2.31. The van der Waals surface area contributed by atoms with E-state index >= 15 is 0 Å². The summed E-state index contributed by atoms with van der Waals surface area (Å²) in [5.41, 5.74) is 2.31. The molecule has 2 saturated carbocycles. The van der Waals surface area contributed by atoms with Crippen molar-refractivity contribution in [1.29, 1.82) is 0 Å². The van der Waals surface area contributed by atoms with Gasteiger partial charge in [0.15, 0.2) is 12.3 Å². The highest BCUT2D eigenvalue weighted by atomic mass is 35.5. The van der Waals surface area contributed by atoms with E-state index in [1.807, 2.05) is 0 Å². The molecule has 2 atom stereocenters. The Labute approximate surface area is 238 Å². The van der Waals surface area contributed by atoms with Gasteiger partial charge in [0.2, 0.25) is 0 Å². The summed E-state index contributed by atoms with van der Waals surface area (Å²) in [4.78, 5) is 24.2. The molecule has 1 aromatic carbocycles. The molecule has 2 aliphatic rings. The van der Waals surface area contributed by atoms with Crippen LogP contribution >= 0.6 is 11.6 Å². The molecule has 0 radical (unpaired) electrons. The Morgan fingerprint density at radius 2 is 1.23 bits per heavy atom. The van der Waals surface area contributed by atoms with E-state index in [2.05, 4.69) is 32.0 Å². The van der Waals surface area contributed by atoms with E-state index in [1.54, 1.807) is 0 Å². The number of hydrogen-bond acceptors (Lipinski definition) is 4. The van der Waals surface area contributed by atoms with Gasteiger partial charge in [0, 0.05) is 5.02 Å². The van der Waals surface area contributed by atoms with Gasteiger partial charge in [-0.25, -0.2) is 18.4 Å². The molecular weight excluding hydrogens is 522 g/mol. The number of ether oxygens (including phenoxy) is 2. The first kappa shape index (κ1) is 31.8. The lowest BCUT2D eigenvalue weighted by Crippen LogP contribution is -2.28. The van der Waals surface area contributed by atoms with Crippen LogP contribution in [0.3, 0.4) is 0 Å². The van der Waals surface area contributed by atoms with Crippen molar-refractivity contribution in [2.75, 3.05) is 0 Å². The molecule has 0 amide bonds. The minimum Gasteiger partial charge on any atom is -0.460 e. The number of rotatable bonds is 14. The van der Waals surface area contributed by atoms with Gasteiger partial charge in [-0.1, -0.05) is 63.3 Å². The van der Waals surface area contributed by atoms with Crippen LogP contribution in [0.25, 0.3) is 0 Å². The predicted molar refractivity (Wildman–Crippen MR) is 152 cm³/mol. The molecule has 3 rings (SSSR count). The summed E-state index contributed by atoms with van der Waals surface area (Å²) in [7, 11) is 0. The summed E-state index contributed by atoms with van der Waals surface area (Å²) < 4.78 is 39.1. The Morgan fingerprint density at radius 3 is 1.67 bits per heavy atom. The van der Waals surface area contributed by atoms with Crippen LogP contribution in [-0.4, -0.2) is 36.5 Å². The van der Waals surface area contributed by atoms with Gasteiger partial charge in [-0.05, 0) is 106 Å². The molecule has 0 N–H and O–H groups in total. The van der Waals surface area contributed by atoms with Gasteiger partial charge in [0.25, 0.3) is 0 Å². The average Bonchev–Trinajstić information content (AvgIpc) is 2.94. The van der Waals surface area contributed by atoms with Crippen molar-refractivity contribution < 1.29 is 27.8 Å². The lowest BCUT2D eigenvalue weighted by molar-refractivity contribution is -0.157. The molecule has 1 aromatic rings. The normalized spacial score (nSPS) is 25.1. The maximum atomic E-state index is 14.1. The largest absolute Gasteiger partial charge is 0.460 e. The third-order valence-corrected chi connectivity index (χ3v) is 8.81. The fourth-order valence-corrected chi connectivity index (χ4v) is 6.34. The van der Waals surface area contributed by atoms with Gasteiger partial charge >= 0.3 is 11.9 Å². The smallest absolute Gasteiger partial charge is 0.340 e. The quantitative estimate of drug-likeness (QED) is 0.166. The summed E-state index contributed by atoms with van der Waals surface area (Å²) in [5, 5.41) is 0.758. The highest BCUT2D eigenvalue weighted by molar-refractivity contribution is 6.31. The number of alkyl halides is 2. The van der Waals surface area contributed by atoms with Crippen LogP contribution in [0.4, 0.5) is 8.78 Å². The molecular formula is C32H47ClF2O4. The van der Waals surface area contributed by atoms with Crippen LogP contribution in [0.5, 0.6) is 0 Å². The number of carbonyl (C=O) groups excluding carboxylic acids is 2. The summed E-state index contributed by atoms with van der Waals surface area (Å²) >= 11 is 6.74. The third-order valence-electron chi connectivity index (χ3n) is 8.48. The zero-order valence-electron chi connectivity index (χ0n) is 23.8. The summed E-state index contributed by atoms with van der Waals surface area (Å²) in [6.07, 6.45) is 8.68. The zero-order chi connectivity index (χ0) is 28.2. The van der Waals surface area contributed by atoms with E-state index < -0.39 is 24.3 Å². The van der Waals surface area contributed by atoms with Crippen molar-refractivity contribution >= 4 is 23.5 Å². The Morgan fingerprint density at radius 1 is 0.769 bits per heavy atom. The minimum atomic E-state index is -1.52. The number of carbonyl (C=O) groups is 2. The van der Waals surface area contributed by atoms with E-state index in [4.69, 9.17) is 21.1 Å². The van der Waals surface area contributed by atoms with Crippen LogP contribution in [0.2, 0.25) is 5.02 Å². The fraction of sp³-hybridized carbons (Fsp3) is 0.750. The van der Waals surface area contributed by atoms with Crippen LogP contribution in [0.1, 0.15) is 140 Å². The highest BCUT2D eigenvalue weighted by Crippen LogP contribution is 2.41. The van der Waals surface area contributed by atoms with Crippen molar-refractivity contribution in [3.8, 4) is 0 Å². The first-order valence-corrected chi connectivity index (χ1v) is 15.7. The Hall–Kier alpha value is -1.69. The Kier molecular flexibility index (Phi) is 13.5. The molecule has 39 heavy (non-hydrogen) atoms. The fourth-order valence-electron chi connectivity index (χ4n) is 5.99. The van der Waals surface area contributed by atoms with E-state index in [0.29, 0.717) is 24.7 Å². The number of hydrogen-bond donors (Lipinski definition) is 0. The average molecular weight is 569 g/mol. The summed E-state index contributed by atoms with van der Waals surface area (Å²) in [6.45, 7) is 4.10. The number of unbranched alkanes of at least 4 members (excludes halogenated alkanes) is 4. The minimum absolute atomic E-state index is 0.207. The van der Waals surface area contributed by atoms with Gasteiger partial charge in [-0.3, -0.25) is 0 Å². The Bertz CT molecular complexity index is 894. The highest BCUT2D eigenvalue weighted by Gasteiger charge is 2.30. The molecule has 0 saturated heterocycles. The van der Waals surface area contributed by atoms with Gasteiger partial charge in [-0.15, -0.1) is 0 Å². The van der Waals surface area contributed by atoms with Crippen LogP contribution in [-0.2, 0) is 19.1 Å². The summed E-state index contributed by atoms with van der Waals surface area (Å²) in [5.74, 6) is -0.771. The van der Waals surface area contributed by atoms with Gasteiger partial charge in [-0.2, -0.15) is 0 Å². The lowest BCUT2D eigenvalue weighted by atomic mass is 9.80. The molecule has 0 bridgehead atoms. The van der Waals surface area contributed by atoms with Gasteiger partial charge in [0.1, 0.15) is 12.2 Å². The second-order valence-corrected chi connectivity index (χ2v) is 11.9. The molecule has 0 aliphatic heterocycles. The first-order chi connectivity index (χ1) is 18.8. The van der Waals surface area contributed by atoms with E-state index in [0.717, 1.165) is 87.6 Å². The maximum Gasteiger partial charge on any atom is 0.340 e. The molecule has 0 aromatic heterocycles. The van der Waals surface area contributed by atoms with Crippen LogP contribution in [0.15, 0.2) is 18.2 Å². The third kappa shape index (κ3) is 10.0. The Balaban J connectivity index is 1.42. The molecule has 7 heteroatoms. The standard InChI is InChI=1S/C32H47ClF2O4/c1-3-5-7-9-29(34)31(36)38-25-16-11-22(12-17-25)24-15-20-27(28(33)21-24)23-13-18-26(19-14-23)39-32(37)30(35)10-8-6-4-2/h15,20-23,25-26,29-30H,3-14,16-19H2,1-2H3/t22-,23-,25-,26-,29-,30-/m0/s1. The molecule has 0 heterocycles. The second kappa shape index (κ2) is 16.5. The van der Waals surface area contributed by atoms with Crippen molar-refractivity contribution in [1.82, 2.24) is 0 Å².